The maximum Gasteiger partial charge on any atom is 0.228 e. The Morgan fingerprint density at radius 3 is 2.88 bits per heavy atom. The van der Waals surface area contributed by atoms with E-state index in [0.29, 0.717) is 26.2 Å². The van der Waals surface area contributed by atoms with Crippen LogP contribution in [-0.4, -0.2) is 55.0 Å². The van der Waals surface area contributed by atoms with Crippen molar-refractivity contribution in [3.05, 3.63) is 23.8 Å². The molecule has 1 aromatic rings. The van der Waals surface area contributed by atoms with Gasteiger partial charge in [0.15, 0.2) is 11.5 Å². The molecule has 2 saturated heterocycles. The average molecular weight is 330 g/mol. The highest BCUT2D eigenvalue weighted by Gasteiger charge is 2.40. The van der Waals surface area contributed by atoms with Crippen molar-refractivity contribution < 1.29 is 19.1 Å². The third-order valence-corrected chi connectivity index (χ3v) is 5.18. The van der Waals surface area contributed by atoms with Gasteiger partial charge in [0.05, 0.1) is 12.0 Å². The smallest absolute Gasteiger partial charge is 0.228 e. The SMILES string of the molecule is CN1CC(C(=O)N2CCCC2c2cccc3c2OCCO3)CC1=O. The van der Waals surface area contributed by atoms with Crippen LogP contribution in [0.25, 0.3) is 0 Å². The van der Waals surface area contributed by atoms with Gasteiger partial charge in [0.25, 0.3) is 0 Å². The van der Waals surface area contributed by atoms with Gasteiger partial charge in [-0.3, -0.25) is 9.59 Å². The van der Waals surface area contributed by atoms with E-state index >= 15 is 0 Å². The van der Waals surface area contributed by atoms with Crippen molar-refractivity contribution in [1.29, 1.82) is 0 Å². The summed E-state index contributed by atoms with van der Waals surface area (Å²) in [6.07, 6.45) is 2.21. The highest BCUT2D eigenvalue weighted by molar-refractivity contribution is 5.89. The summed E-state index contributed by atoms with van der Waals surface area (Å²) < 4.78 is 11.5. The Hall–Kier alpha value is -2.24. The van der Waals surface area contributed by atoms with Crippen LogP contribution >= 0.6 is 0 Å². The highest BCUT2D eigenvalue weighted by Crippen LogP contribution is 2.43. The van der Waals surface area contributed by atoms with E-state index in [1.165, 1.54) is 0 Å². The quantitative estimate of drug-likeness (QED) is 0.826. The van der Waals surface area contributed by atoms with E-state index < -0.39 is 0 Å². The largest absolute Gasteiger partial charge is 0.486 e. The second kappa shape index (κ2) is 6.00. The molecule has 3 heterocycles. The molecule has 6 heteroatoms. The maximum atomic E-state index is 13.0. The molecule has 3 aliphatic rings. The molecule has 0 aliphatic carbocycles. The zero-order valence-electron chi connectivity index (χ0n) is 13.9. The average Bonchev–Trinajstić information content (AvgIpc) is 3.21. The number of likely N-dealkylation sites (tertiary alicyclic amines) is 2. The minimum absolute atomic E-state index is 0.00941. The molecule has 0 N–H and O–H groups in total. The first-order valence-corrected chi connectivity index (χ1v) is 8.58. The first-order chi connectivity index (χ1) is 11.6. The zero-order chi connectivity index (χ0) is 16.7. The standard InChI is InChI=1S/C18H22N2O4/c1-19-11-12(10-16(19)21)18(22)20-7-3-5-14(20)13-4-2-6-15-17(13)24-9-8-23-15/h2,4,6,12,14H,3,5,7-11H2,1H3. The van der Waals surface area contributed by atoms with Gasteiger partial charge in [0.1, 0.15) is 13.2 Å². The van der Waals surface area contributed by atoms with Crippen molar-refractivity contribution in [2.45, 2.75) is 25.3 Å². The van der Waals surface area contributed by atoms with Crippen molar-refractivity contribution in [1.82, 2.24) is 9.80 Å². The Labute approximate surface area is 141 Å². The molecule has 0 aromatic heterocycles. The second-order valence-electron chi connectivity index (χ2n) is 6.74. The molecular formula is C18H22N2O4. The molecule has 2 unspecified atom stereocenters. The first kappa shape index (κ1) is 15.3. The molecule has 2 atom stereocenters. The Kier molecular flexibility index (Phi) is 3.82. The molecule has 0 bridgehead atoms. The molecule has 4 rings (SSSR count). The lowest BCUT2D eigenvalue weighted by Gasteiger charge is -2.30. The predicted octanol–water partition coefficient (Wildman–Crippen LogP) is 1.60. The van der Waals surface area contributed by atoms with Gasteiger partial charge in [0, 0.05) is 32.1 Å². The fourth-order valence-electron chi connectivity index (χ4n) is 3.98. The van der Waals surface area contributed by atoms with Crippen molar-refractivity contribution in [3.63, 3.8) is 0 Å². The van der Waals surface area contributed by atoms with E-state index in [1.807, 2.05) is 23.1 Å². The van der Waals surface area contributed by atoms with Gasteiger partial charge in [-0.15, -0.1) is 0 Å². The number of hydrogen-bond donors (Lipinski definition) is 0. The number of fused-ring (bicyclic) bond motifs is 1. The highest BCUT2D eigenvalue weighted by atomic mass is 16.6. The number of hydrogen-bond acceptors (Lipinski definition) is 4. The summed E-state index contributed by atoms with van der Waals surface area (Å²) in [5.41, 5.74) is 1.02. The van der Waals surface area contributed by atoms with Crippen LogP contribution < -0.4 is 9.47 Å². The van der Waals surface area contributed by atoms with Gasteiger partial charge in [-0.1, -0.05) is 12.1 Å². The van der Waals surface area contributed by atoms with E-state index in [1.54, 1.807) is 11.9 Å². The number of amides is 2. The lowest BCUT2D eigenvalue weighted by atomic mass is 10.0. The van der Waals surface area contributed by atoms with Gasteiger partial charge in [-0.05, 0) is 18.9 Å². The summed E-state index contributed by atoms with van der Waals surface area (Å²) in [5.74, 6) is 1.45. The molecular weight excluding hydrogens is 308 g/mol. The Bertz CT molecular complexity index is 675. The number of carbonyl (C=O) groups excluding carboxylic acids is 2. The number of benzene rings is 1. The number of nitrogens with zero attached hydrogens (tertiary/aromatic N) is 2. The van der Waals surface area contributed by atoms with Gasteiger partial charge in [-0.2, -0.15) is 0 Å². The topological polar surface area (TPSA) is 59.1 Å². The summed E-state index contributed by atoms with van der Waals surface area (Å²) in [4.78, 5) is 28.3. The molecule has 0 radical (unpaired) electrons. The van der Waals surface area contributed by atoms with Crippen molar-refractivity contribution in [3.8, 4) is 11.5 Å². The van der Waals surface area contributed by atoms with Gasteiger partial charge in [-0.25, -0.2) is 0 Å². The number of ether oxygens (including phenoxy) is 2. The van der Waals surface area contributed by atoms with Crippen molar-refractivity contribution >= 4 is 11.8 Å². The summed E-state index contributed by atoms with van der Waals surface area (Å²) in [7, 11) is 1.76. The molecule has 6 nitrogen and oxygen atoms in total. The van der Waals surface area contributed by atoms with Crippen LogP contribution in [0.4, 0.5) is 0 Å². The van der Waals surface area contributed by atoms with E-state index in [-0.39, 0.29) is 23.8 Å². The van der Waals surface area contributed by atoms with E-state index in [2.05, 4.69) is 0 Å². The van der Waals surface area contributed by atoms with Crippen LogP contribution in [0.1, 0.15) is 30.9 Å². The van der Waals surface area contributed by atoms with E-state index in [0.717, 1.165) is 36.4 Å². The number of para-hydroxylation sites is 1. The predicted molar refractivity (Wildman–Crippen MR) is 86.9 cm³/mol. The Balaban J connectivity index is 1.60. The molecule has 24 heavy (non-hydrogen) atoms. The Morgan fingerprint density at radius 1 is 1.25 bits per heavy atom. The summed E-state index contributed by atoms with van der Waals surface area (Å²) >= 11 is 0. The van der Waals surface area contributed by atoms with Crippen LogP contribution in [0.3, 0.4) is 0 Å². The monoisotopic (exact) mass is 330 g/mol. The third kappa shape index (κ3) is 2.50. The fourth-order valence-corrected chi connectivity index (χ4v) is 3.98. The molecule has 128 valence electrons. The van der Waals surface area contributed by atoms with Crippen molar-refractivity contribution in [2.24, 2.45) is 5.92 Å². The summed E-state index contributed by atoms with van der Waals surface area (Å²) in [6.45, 7) is 2.35. The van der Waals surface area contributed by atoms with Crippen LogP contribution in [0.2, 0.25) is 0 Å². The van der Waals surface area contributed by atoms with Crippen LogP contribution in [0, 0.1) is 5.92 Å². The first-order valence-electron chi connectivity index (χ1n) is 8.58. The molecule has 0 spiro atoms. The normalized spacial score (nSPS) is 26.1. The second-order valence-corrected chi connectivity index (χ2v) is 6.74. The zero-order valence-corrected chi connectivity index (χ0v) is 13.9. The fraction of sp³-hybridized carbons (Fsp3) is 0.556. The lowest BCUT2D eigenvalue weighted by Crippen LogP contribution is -2.37. The van der Waals surface area contributed by atoms with E-state index in [4.69, 9.17) is 9.47 Å². The van der Waals surface area contributed by atoms with Crippen LogP contribution in [-0.2, 0) is 9.59 Å². The minimum Gasteiger partial charge on any atom is -0.486 e. The molecule has 2 fully saturated rings. The molecule has 3 aliphatic heterocycles. The van der Waals surface area contributed by atoms with Crippen LogP contribution in [0.15, 0.2) is 18.2 Å². The third-order valence-electron chi connectivity index (χ3n) is 5.18. The summed E-state index contributed by atoms with van der Waals surface area (Å²) in [6, 6.07) is 5.89. The Morgan fingerprint density at radius 2 is 2.08 bits per heavy atom. The number of carbonyl (C=O) groups is 2. The van der Waals surface area contributed by atoms with E-state index in [9.17, 15) is 9.59 Å². The van der Waals surface area contributed by atoms with Gasteiger partial charge >= 0.3 is 0 Å². The molecule has 1 aromatic carbocycles. The van der Waals surface area contributed by atoms with Gasteiger partial charge in [0.2, 0.25) is 11.8 Å². The molecule has 0 saturated carbocycles. The molecule has 2 amide bonds. The van der Waals surface area contributed by atoms with Crippen LogP contribution in [0.5, 0.6) is 11.5 Å². The van der Waals surface area contributed by atoms with Crippen molar-refractivity contribution in [2.75, 3.05) is 33.4 Å². The lowest BCUT2D eigenvalue weighted by molar-refractivity contribution is -0.136. The van der Waals surface area contributed by atoms with Gasteiger partial charge < -0.3 is 19.3 Å². The maximum absolute atomic E-state index is 13.0. The number of rotatable bonds is 2. The summed E-state index contributed by atoms with van der Waals surface area (Å²) in [5, 5.41) is 0. The minimum atomic E-state index is -0.222.